The maximum Gasteiger partial charge on any atom is 0.254 e. The zero-order valence-electron chi connectivity index (χ0n) is 17.8. The van der Waals surface area contributed by atoms with E-state index in [2.05, 4.69) is 4.98 Å². The van der Waals surface area contributed by atoms with E-state index in [-0.39, 0.29) is 11.8 Å². The third-order valence-electron chi connectivity index (χ3n) is 5.57. The number of H-pyrrole nitrogens is 1. The Morgan fingerprint density at radius 3 is 1.90 bits per heavy atom. The van der Waals surface area contributed by atoms with Crippen LogP contribution in [0.4, 0.5) is 0 Å². The highest BCUT2D eigenvalue weighted by Crippen LogP contribution is 2.38. The molecule has 8 heteroatoms. The molecule has 0 aliphatic carbocycles. The number of benzene rings is 2. The van der Waals surface area contributed by atoms with Gasteiger partial charge < -0.3 is 29.0 Å². The molecule has 0 spiro atoms. The first-order valence-corrected chi connectivity index (χ1v) is 10.0. The zero-order valence-corrected chi connectivity index (χ0v) is 17.8. The van der Waals surface area contributed by atoms with Crippen molar-refractivity contribution in [2.24, 2.45) is 0 Å². The van der Waals surface area contributed by atoms with Crippen molar-refractivity contribution in [1.29, 1.82) is 0 Å². The molecule has 2 aromatic carbocycles. The molecule has 0 unspecified atom stereocenters. The number of aromatic nitrogens is 1. The van der Waals surface area contributed by atoms with E-state index in [1.165, 1.54) is 21.3 Å². The van der Waals surface area contributed by atoms with Gasteiger partial charge in [-0.1, -0.05) is 6.07 Å². The summed E-state index contributed by atoms with van der Waals surface area (Å²) in [6, 6.07) is 10.9. The van der Waals surface area contributed by atoms with Crippen molar-refractivity contribution < 1.29 is 23.8 Å². The highest BCUT2D eigenvalue weighted by atomic mass is 16.5. The fourth-order valence-electron chi connectivity index (χ4n) is 3.86. The van der Waals surface area contributed by atoms with Gasteiger partial charge in [-0.25, -0.2) is 0 Å². The average molecular weight is 423 g/mol. The van der Waals surface area contributed by atoms with E-state index in [1.54, 1.807) is 21.9 Å². The van der Waals surface area contributed by atoms with Gasteiger partial charge in [0.2, 0.25) is 5.75 Å². The summed E-state index contributed by atoms with van der Waals surface area (Å²) < 4.78 is 16.0. The van der Waals surface area contributed by atoms with Crippen LogP contribution in [0.5, 0.6) is 17.2 Å². The molecule has 0 saturated carbocycles. The number of nitrogens with zero attached hydrogens (tertiary/aromatic N) is 2. The highest BCUT2D eigenvalue weighted by Gasteiger charge is 2.27. The molecule has 0 radical (unpaired) electrons. The molecule has 1 aliphatic rings. The second kappa shape index (κ2) is 8.59. The molecule has 31 heavy (non-hydrogen) atoms. The van der Waals surface area contributed by atoms with Gasteiger partial charge in [0.15, 0.2) is 11.5 Å². The first-order valence-electron chi connectivity index (χ1n) is 10.0. The van der Waals surface area contributed by atoms with Crippen molar-refractivity contribution in [3.63, 3.8) is 0 Å². The summed E-state index contributed by atoms with van der Waals surface area (Å²) in [5.74, 6) is 1.13. The lowest BCUT2D eigenvalue weighted by molar-refractivity contribution is 0.0535. The number of hydrogen-bond acceptors (Lipinski definition) is 5. The molecule has 1 fully saturated rings. The number of hydrogen-bond donors (Lipinski definition) is 1. The number of methoxy groups -OCH3 is 3. The fraction of sp³-hybridized carbons (Fsp3) is 0.304. The standard InChI is InChI=1S/C23H25N3O5/c1-29-19-13-17(14-20(30-2)21(19)31-3)23(28)26-10-8-25(9-11-26)22(27)16-5-4-15-6-7-24-18(15)12-16/h4-7,12-14,24H,8-11H2,1-3H3. The van der Waals surface area contributed by atoms with Crippen LogP contribution >= 0.6 is 0 Å². The molecule has 3 aromatic rings. The molecule has 0 atom stereocenters. The number of fused-ring (bicyclic) bond motifs is 1. The Labute approximate surface area is 180 Å². The Kier molecular flexibility index (Phi) is 5.70. The number of ether oxygens (including phenoxy) is 3. The molecule has 4 rings (SSSR count). The van der Waals surface area contributed by atoms with Crippen molar-refractivity contribution in [1.82, 2.24) is 14.8 Å². The SMILES string of the molecule is COc1cc(C(=O)N2CCN(C(=O)c3ccc4cc[nH]c4c3)CC2)cc(OC)c1OC. The van der Waals surface area contributed by atoms with Crippen molar-refractivity contribution >= 4 is 22.7 Å². The van der Waals surface area contributed by atoms with Gasteiger partial charge in [0.25, 0.3) is 11.8 Å². The summed E-state index contributed by atoms with van der Waals surface area (Å²) in [7, 11) is 4.55. The number of nitrogens with one attached hydrogen (secondary N) is 1. The van der Waals surface area contributed by atoms with Crippen molar-refractivity contribution in [2.75, 3.05) is 47.5 Å². The van der Waals surface area contributed by atoms with Crippen LogP contribution in [0, 0.1) is 0 Å². The molecular weight excluding hydrogens is 398 g/mol. The van der Waals surface area contributed by atoms with Crippen LogP contribution in [-0.2, 0) is 0 Å². The molecule has 1 saturated heterocycles. The lowest BCUT2D eigenvalue weighted by atomic mass is 10.1. The van der Waals surface area contributed by atoms with Crippen LogP contribution in [-0.4, -0.2) is 74.1 Å². The Hall–Kier alpha value is -3.68. The molecule has 2 heterocycles. The second-order valence-corrected chi connectivity index (χ2v) is 7.28. The van der Waals surface area contributed by atoms with E-state index in [0.717, 1.165) is 10.9 Å². The summed E-state index contributed by atoms with van der Waals surface area (Å²) in [6.45, 7) is 1.84. The van der Waals surface area contributed by atoms with Crippen LogP contribution in [0.25, 0.3) is 10.9 Å². The quantitative estimate of drug-likeness (QED) is 0.682. The van der Waals surface area contributed by atoms with Gasteiger partial charge in [0.05, 0.1) is 21.3 Å². The summed E-state index contributed by atoms with van der Waals surface area (Å²) in [4.78, 5) is 32.6. The smallest absolute Gasteiger partial charge is 0.254 e. The van der Waals surface area contributed by atoms with E-state index in [1.807, 2.05) is 30.5 Å². The maximum absolute atomic E-state index is 13.1. The van der Waals surface area contributed by atoms with Crippen LogP contribution in [0.3, 0.4) is 0 Å². The largest absolute Gasteiger partial charge is 0.493 e. The number of rotatable bonds is 5. The molecular formula is C23H25N3O5. The van der Waals surface area contributed by atoms with Gasteiger partial charge in [-0.2, -0.15) is 0 Å². The summed E-state index contributed by atoms with van der Waals surface area (Å²) in [5, 5.41) is 1.07. The first kappa shape index (κ1) is 20.6. The number of aromatic amines is 1. The Bertz CT molecular complexity index is 1090. The number of piperazine rings is 1. The van der Waals surface area contributed by atoms with Crippen molar-refractivity contribution in [3.05, 3.63) is 53.7 Å². The normalized spacial score (nSPS) is 13.9. The molecule has 162 valence electrons. The third-order valence-corrected chi connectivity index (χ3v) is 5.57. The summed E-state index contributed by atoms with van der Waals surface area (Å²) in [6.07, 6.45) is 1.85. The monoisotopic (exact) mass is 423 g/mol. The Balaban J connectivity index is 1.45. The molecule has 8 nitrogen and oxygen atoms in total. The lowest BCUT2D eigenvalue weighted by Gasteiger charge is -2.35. The maximum atomic E-state index is 13.1. The lowest BCUT2D eigenvalue weighted by Crippen LogP contribution is -2.50. The minimum Gasteiger partial charge on any atom is -0.493 e. The van der Waals surface area contributed by atoms with Crippen LogP contribution in [0.2, 0.25) is 0 Å². The van der Waals surface area contributed by atoms with E-state index in [9.17, 15) is 9.59 Å². The van der Waals surface area contributed by atoms with Crippen molar-refractivity contribution in [3.8, 4) is 17.2 Å². The van der Waals surface area contributed by atoms with Gasteiger partial charge in [0, 0.05) is 49.0 Å². The number of carbonyl (C=O) groups excluding carboxylic acids is 2. The number of amides is 2. The van der Waals surface area contributed by atoms with E-state index in [0.29, 0.717) is 54.6 Å². The number of carbonyl (C=O) groups is 2. The molecule has 1 aliphatic heterocycles. The molecule has 1 aromatic heterocycles. The summed E-state index contributed by atoms with van der Waals surface area (Å²) >= 11 is 0. The van der Waals surface area contributed by atoms with Crippen LogP contribution in [0.15, 0.2) is 42.6 Å². The molecule has 1 N–H and O–H groups in total. The van der Waals surface area contributed by atoms with Crippen LogP contribution < -0.4 is 14.2 Å². The Morgan fingerprint density at radius 2 is 1.35 bits per heavy atom. The molecule has 0 bridgehead atoms. The third kappa shape index (κ3) is 3.88. The minimum absolute atomic E-state index is 0.0311. The Morgan fingerprint density at radius 1 is 0.774 bits per heavy atom. The van der Waals surface area contributed by atoms with Crippen LogP contribution in [0.1, 0.15) is 20.7 Å². The van der Waals surface area contributed by atoms with Gasteiger partial charge in [0.1, 0.15) is 0 Å². The minimum atomic E-state index is -0.140. The topological polar surface area (TPSA) is 84.1 Å². The van der Waals surface area contributed by atoms with E-state index >= 15 is 0 Å². The second-order valence-electron chi connectivity index (χ2n) is 7.28. The van der Waals surface area contributed by atoms with Gasteiger partial charge in [-0.3, -0.25) is 9.59 Å². The zero-order chi connectivity index (χ0) is 22.0. The highest BCUT2D eigenvalue weighted by molar-refractivity contribution is 5.98. The van der Waals surface area contributed by atoms with E-state index in [4.69, 9.17) is 14.2 Å². The van der Waals surface area contributed by atoms with E-state index < -0.39 is 0 Å². The van der Waals surface area contributed by atoms with Crippen molar-refractivity contribution in [2.45, 2.75) is 0 Å². The fourth-order valence-corrected chi connectivity index (χ4v) is 3.86. The predicted octanol–water partition coefficient (Wildman–Crippen LogP) is 2.79. The average Bonchev–Trinajstić information content (AvgIpc) is 3.30. The first-order chi connectivity index (χ1) is 15.0. The van der Waals surface area contributed by atoms with Gasteiger partial charge >= 0.3 is 0 Å². The molecule has 2 amide bonds. The predicted molar refractivity (Wildman–Crippen MR) is 116 cm³/mol. The van der Waals surface area contributed by atoms with Gasteiger partial charge in [-0.05, 0) is 35.7 Å². The van der Waals surface area contributed by atoms with Gasteiger partial charge in [-0.15, -0.1) is 0 Å². The summed E-state index contributed by atoms with van der Waals surface area (Å²) in [5.41, 5.74) is 2.02.